The number of carbonyl (C=O) groups excluding carboxylic acids is 1. The minimum Gasteiger partial charge on any atom is -0.397 e. The van der Waals surface area contributed by atoms with E-state index in [1.807, 2.05) is 13.0 Å². The largest absolute Gasteiger partial charge is 0.397 e. The highest BCUT2D eigenvalue weighted by atomic mass is 32.1. The van der Waals surface area contributed by atoms with Crippen LogP contribution in [0.4, 0.5) is 11.4 Å². The Hall–Kier alpha value is -1.82. The van der Waals surface area contributed by atoms with E-state index in [0.717, 1.165) is 52.5 Å². The summed E-state index contributed by atoms with van der Waals surface area (Å²) in [4.78, 5) is 18.5. The third-order valence-electron chi connectivity index (χ3n) is 4.10. The van der Waals surface area contributed by atoms with E-state index >= 15 is 0 Å². The lowest BCUT2D eigenvalue weighted by Gasteiger charge is -2.33. The highest BCUT2D eigenvalue weighted by molar-refractivity contribution is 7.18. The Morgan fingerprint density at radius 1 is 1.43 bits per heavy atom. The number of anilines is 2. The fourth-order valence-electron chi connectivity index (χ4n) is 2.95. The maximum Gasteiger partial charge on any atom is 0.222 e. The molecule has 1 aromatic heterocycles. The standard InChI is InChI=1S/C15H20N4OS/c1-9-18-12-8-13(11(16)7-14(12)21-9)19-5-3-10(4-6-19)15(20)17-2/h7-8,10H,3-6,16H2,1-2H3,(H,17,20). The number of aryl methyl sites for hydroxylation is 1. The molecular formula is C15H20N4OS. The quantitative estimate of drug-likeness (QED) is 0.834. The molecule has 0 radical (unpaired) electrons. The molecule has 1 aliphatic rings. The molecule has 0 bridgehead atoms. The van der Waals surface area contributed by atoms with Crippen molar-refractivity contribution in [3.63, 3.8) is 0 Å². The van der Waals surface area contributed by atoms with Crippen molar-refractivity contribution in [2.75, 3.05) is 30.8 Å². The maximum atomic E-state index is 11.7. The second-order valence-corrected chi connectivity index (χ2v) is 6.72. The fraction of sp³-hybridized carbons (Fsp3) is 0.467. The molecule has 21 heavy (non-hydrogen) atoms. The van der Waals surface area contributed by atoms with Gasteiger partial charge in [0.25, 0.3) is 0 Å². The fourth-order valence-corrected chi connectivity index (χ4v) is 3.81. The van der Waals surface area contributed by atoms with Crippen LogP contribution in [0, 0.1) is 12.8 Å². The number of nitrogen functional groups attached to an aromatic ring is 1. The first-order valence-electron chi connectivity index (χ1n) is 7.21. The summed E-state index contributed by atoms with van der Waals surface area (Å²) in [6.07, 6.45) is 1.74. The van der Waals surface area contributed by atoms with Gasteiger partial charge in [0.15, 0.2) is 0 Å². The van der Waals surface area contributed by atoms with Crippen molar-refractivity contribution >= 4 is 38.8 Å². The summed E-state index contributed by atoms with van der Waals surface area (Å²) in [6.45, 7) is 3.73. The van der Waals surface area contributed by atoms with E-state index in [1.54, 1.807) is 18.4 Å². The van der Waals surface area contributed by atoms with E-state index in [9.17, 15) is 4.79 Å². The molecule has 0 spiro atoms. The van der Waals surface area contributed by atoms with Gasteiger partial charge in [-0.3, -0.25) is 4.79 Å². The molecule has 1 amide bonds. The van der Waals surface area contributed by atoms with E-state index in [0.29, 0.717) is 0 Å². The molecule has 1 aliphatic heterocycles. The van der Waals surface area contributed by atoms with Gasteiger partial charge in [0.05, 0.1) is 26.6 Å². The number of rotatable bonds is 2. The molecule has 3 N–H and O–H groups in total. The van der Waals surface area contributed by atoms with Crippen LogP contribution in [-0.4, -0.2) is 31.0 Å². The molecule has 2 aromatic rings. The predicted octanol–water partition coefficient (Wildman–Crippen LogP) is 2.15. The lowest BCUT2D eigenvalue weighted by atomic mass is 9.95. The lowest BCUT2D eigenvalue weighted by Crippen LogP contribution is -2.39. The molecule has 0 unspecified atom stereocenters. The molecule has 0 atom stereocenters. The zero-order chi connectivity index (χ0) is 15.0. The number of benzene rings is 1. The van der Waals surface area contributed by atoms with Crippen LogP contribution in [0.15, 0.2) is 12.1 Å². The molecule has 1 fully saturated rings. The third-order valence-corrected chi connectivity index (χ3v) is 5.03. The summed E-state index contributed by atoms with van der Waals surface area (Å²) in [7, 11) is 1.70. The van der Waals surface area contributed by atoms with E-state index < -0.39 is 0 Å². The van der Waals surface area contributed by atoms with E-state index in [4.69, 9.17) is 5.73 Å². The molecule has 6 heteroatoms. The Morgan fingerprint density at radius 3 is 2.81 bits per heavy atom. The van der Waals surface area contributed by atoms with Crippen molar-refractivity contribution in [3.05, 3.63) is 17.1 Å². The Labute approximate surface area is 128 Å². The number of aromatic nitrogens is 1. The van der Waals surface area contributed by atoms with Crippen LogP contribution in [0.2, 0.25) is 0 Å². The average Bonchev–Trinajstić information content (AvgIpc) is 2.85. The van der Waals surface area contributed by atoms with E-state index in [1.165, 1.54) is 0 Å². The van der Waals surface area contributed by atoms with Gasteiger partial charge in [0, 0.05) is 26.1 Å². The number of amides is 1. The monoisotopic (exact) mass is 304 g/mol. The number of piperidine rings is 1. The highest BCUT2D eigenvalue weighted by Crippen LogP contribution is 2.34. The van der Waals surface area contributed by atoms with Crippen molar-refractivity contribution in [1.82, 2.24) is 10.3 Å². The summed E-state index contributed by atoms with van der Waals surface area (Å²) in [5.41, 5.74) is 9.06. The van der Waals surface area contributed by atoms with Crippen molar-refractivity contribution in [3.8, 4) is 0 Å². The first-order chi connectivity index (χ1) is 10.1. The number of thiazole rings is 1. The summed E-state index contributed by atoms with van der Waals surface area (Å²) in [6, 6.07) is 4.09. The Balaban J connectivity index is 1.81. The number of nitrogens with one attached hydrogen (secondary N) is 1. The molecule has 112 valence electrons. The van der Waals surface area contributed by atoms with Crippen LogP contribution in [0.1, 0.15) is 17.8 Å². The molecule has 1 aromatic carbocycles. The minimum absolute atomic E-state index is 0.123. The molecule has 0 saturated carbocycles. The molecule has 1 saturated heterocycles. The van der Waals surface area contributed by atoms with Gasteiger partial charge in [-0.1, -0.05) is 0 Å². The van der Waals surface area contributed by atoms with Gasteiger partial charge in [-0.05, 0) is 31.9 Å². The predicted molar refractivity (Wildman–Crippen MR) is 87.8 cm³/mol. The Bertz CT molecular complexity index is 674. The molecule has 2 heterocycles. The van der Waals surface area contributed by atoms with Crippen LogP contribution in [0.25, 0.3) is 10.2 Å². The van der Waals surface area contributed by atoms with Crippen LogP contribution in [-0.2, 0) is 4.79 Å². The number of carbonyl (C=O) groups is 1. The second kappa shape index (κ2) is 5.52. The first kappa shape index (κ1) is 14.1. The zero-order valence-electron chi connectivity index (χ0n) is 12.3. The van der Waals surface area contributed by atoms with Gasteiger partial charge in [-0.2, -0.15) is 0 Å². The number of nitrogens with two attached hydrogens (primary N) is 1. The van der Waals surface area contributed by atoms with Gasteiger partial charge >= 0.3 is 0 Å². The van der Waals surface area contributed by atoms with Gasteiger partial charge < -0.3 is 16.0 Å². The van der Waals surface area contributed by atoms with Crippen molar-refractivity contribution in [1.29, 1.82) is 0 Å². The van der Waals surface area contributed by atoms with E-state index in [-0.39, 0.29) is 11.8 Å². The summed E-state index contributed by atoms with van der Waals surface area (Å²) < 4.78 is 1.13. The van der Waals surface area contributed by atoms with E-state index in [2.05, 4.69) is 21.3 Å². The molecular weight excluding hydrogens is 284 g/mol. The van der Waals surface area contributed by atoms with Gasteiger partial charge in [-0.25, -0.2) is 4.98 Å². The number of nitrogens with zero attached hydrogens (tertiary/aromatic N) is 2. The van der Waals surface area contributed by atoms with Crippen molar-refractivity contribution in [2.45, 2.75) is 19.8 Å². The first-order valence-corrected chi connectivity index (χ1v) is 8.03. The van der Waals surface area contributed by atoms with Crippen LogP contribution in [0.5, 0.6) is 0 Å². The highest BCUT2D eigenvalue weighted by Gasteiger charge is 2.25. The zero-order valence-corrected chi connectivity index (χ0v) is 13.2. The summed E-state index contributed by atoms with van der Waals surface area (Å²) in [5.74, 6) is 0.269. The molecule has 5 nitrogen and oxygen atoms in total. The molecule has 3 rings (SSSR count). The number of hydrogen-bond donors (Lipinski definition) is 2. The number of hydrogen-bond acceptors (Lipinski definition) is 5. The smallest absolute Gasteiger partial charge is 0.222 e. The van der Waals surface area contributed by atoms with Crippen molar-refractivity contribution in [2.24, 2.45) is 5.92 Å². The average molecular weight is 304 g/mol. The normalized spacial score (nSPS) is 16.4. The van der Waals surface area contributed by atoms with Gasteiger partial charge in [-0.15, -0.1) is 11.3 Å². The van der Waals surface area contributed by atoms with Gasteiger partial charge in [0.2, 0.25) is 5.91 Å². The maximum absolute atomic E-state index is 11.7. The summed E-state index contributed by atoms with van der Waals surface area (Å²) >= 11 is 1.67. The van der Waals surface area contributed by atoms with Crippen molar-refractivity contribution < 1.29 is 4.79 Å². The topological polar surface area (TPSA) is 71.2 Å². The van der Waals surface area contributed by atoms with Crippen LogP contribution >= 0.6 is 11.3 Å². The second-order valence-electron chi connectivity index (χ2n) is 5.49. The lowest BCUT2D eigenvalue weighted by molar-refractivity contribution is -0.125. The van der Waals surface area contributed by atoms with Crippen LogP contribution < -0.4 is 16.0 Å². The molecule has 0 aliphatic carbocycles. The third kappa shape index (κ3) is 2.68. The van der Waals surface area contributed by atoms with Crippen LogP contribution in [0.3, 0.4) is 0 Å². The summed E-state index contributed by atoms with van der Waals surface area (Å²) in [5, 5.41) is 3.79. The van der Waals surface area contributed by atoms with Gasteiger partial charge in [0.1, 0.15) is 0 Å². The SMILES string of the molecule is CNC(=O)C1CCN(c2cc3nc(C)sc3cc2N)CC1. The Kier molecular flexibility index (Phi) is 3.71. The number of fused-ring (bicyclic) bond motifs is 1. The Morgan fingerprint density at radius 2 is 2.14 bits per heavy atom. The minimum atomic E-state index is 0.123.